The summed E-state index contributed by atoms with van der Waals surface area (Å²) >= 11 is 1.66. The topological polar surface area (TPSA) is 75.6 Å². The van der Waals surface area contributed by atoms with E-state index in [0.29, 0.717) is 35.2 Å². The minimum absolute atomic E-state index is 0.0226. The number of ether oxygens (including phenoxy) is 1. The third kappa shape index (κ3) is 3.14. The molecule has 2 aromatic rings. The lowest BCUT2D eigenvalue weighted by molar-refractivity contribution is -0.136. The molecule has 0 saturated carbocycles. The number of carbonyl (C=O) groups excluding carboxylic acids is 2. The van der Waals surface area contributed by atoms with Crippen LogP contribution in [0.2, 0.25) is 0 Å². The lowest BCUT2D eigenvalue weighted by atomic mass is 9.72. The number of phenolic OH excluding ortho intramolecular Hbond substituents is 1. The minimum atomic E-state index is -0.549. The van der Waals surface area contributed by atoms with Crippen molar-refractivity contribution >= 4 is 23.1 Å². The molecule has 2 heterocycles. The molecule has 4 rings (SSSR count). The molecule has 0 unspecified atom stereocenters. The zero-order chi connectivity index (χ0) is 19.8. The number of thiophene rings is 1. The van der Waals surface area contributed by atoms with E-state index in [1.807, 2.05) is 24.4 Å². The van der Waals surface area contributed by atoms with Gasteiger partial charge < -0.3 is 15.2 Å². The van der Waals surface area contributed by atoms with Crippen molar-refractivity contribution in [2.75, 3.05) is 7.11 Å². The number of allylic oxidation sites excluding steroid dienone is 3. The van der Waals surface area contributed by atoms with Gasteiger partial charge >= 0.3 is 5.97 Å². The first kappa shape index (κ1) is 18.5. The Bertz CT molecular complexity index is 1000. The number of benzene rings is 1. The van der Waals surface area contributed by atoms with Gasteiger partial charge in [0.1, 0.15) is 5.75 Å². The Morgan fingerprint density at radius 3 is 2.75 bits per heavy atom. The molecule has 2 aliphatic rings. The zero-order valence-corrected chi connectivity index (χ0v) is 16.5. The normalized spacial score (nSPS) is 22.0. The van der Waals surface area contributed by atoms with Gasteiger partial charge in [-0.15, -0.1) is 11.3 Å². The summed E-state index contributed by atoms with van der Waals surface area (Å²) in [4.78, 5) is 27.0. The molecule has 144 valence electrons. The number of carbonyl (C=O) groups is 2. The number of ketones is 1. The fourth-order valence-electron chi connectivity index (χ4n) is 4.18. The second-order valence-electron chi connectivity index (χ2n) is 7.12. The molecule has 1 aromatic heterocycles. The van der Waals surface area contributed by atoms with Crippen LogP contribution in [-0.4, -0.2) is 24.0 Å². The summed E-state index contributed by atoms with van der Waals surface area (Å²) in [7, 11) is 1.33. The van der Waals surface area contributed by atoms with Crippen molar-refractivity contribution in [1.29, 1.82) is 0 Å². The molecule has 2 N–H and O–H groups in total. The van der Waals surface area contributed by atoms with E-state index in [1.165, 1.54) is 12.0 Å². The first-order valence-electron chi connectivity index (χ1n) is 9.14. The number of rotatable bonds is 3. The van der Waals surface area contributed by atoms with Crippen LogP contribution < -0.4 is 5.32 Å². The van der Waals surface area contributed by atoms with E-state index < -0.39 is 11.9 Å². The maximum atomic E-state index is 13.2. The predicted molar refractivity (Wildman–Crippen MR) is 107 cm³/mol. The second-order valence-corrected chi connectivity index (χ2v) is 8.10. The molecule has 0 saturated heterocycles. The molecule has 1 aromatic carbocycles. The summed E-state index contributed by atoms with van der Waals surface area (Å²) in [5.74, 6) is -0.768. The molecule has 0 amide bonds. The zero-order valence-electron chi connectivity index (χ0n) is 15.7. The summed E-state index contributed by atoms with van der Waals surface area (Å²) in [5, 5.41) is 15.3. The van der Waals surface area contributed by atoms with Crippen molar-refractivity contribution in [2.45, 2.75) is 31.6 Å². The molecule has 6 heteroatoms. The Kier molecular flexibility index (Phi) is 4.81. The van der Waals surface area contributed by atoms with Crippen LogP contribution in [0.3, 0.4) is 0 Å². The van der Waals surface area contributed by atoms with E-state index in [1.54, 1.807) is 29.5 Å². The van der Waals surface area contributed by atoms with E-state index in [4.69, 9.17) is 4.74 Å². The number of hydrogen-bond donors (Lipinski definition) is 2. The highest BCUT2D eigenvalue weighted by Gasteiger charge is 2.41. The van der Waals surface area contributed by atoms with Crippen molar-refractivity contribution < 1.29 is 19.4 Å². The fraction of sp³-hybridized carbons (Fsp3) is 0.273. The van der Waals surface area contributed by atoms with E-state index in [9.17, 15) is 14.7 Å². The van der Waals surface area contributed by atoms with Crippen molar-refractivity contribution in [3.63, 3.8) is 0 Å². The first-order chi connectivity index (χ1) is 13.5. The average Bonchev–Trinajstić information content (AvgIpc) is 3.21. The number of esters is 1. The number of Topliss-reactive ketones (excluding diaryl/α,β-unsaturated/α-hetero) is 1. The van der Waals surface area contributed by atoms with E-state index in [-0.39, 0.29) is 17.5 Å². The van der Waals surface area contributed by atoms with Gasteiger partial charge in [-0.2, -0.15) is 0 Å². The van der Waals surface area contributed by atoms with Gasteiger partial charge in [-0.05, 0) is 42.5 Å². The van der Waals surface area contributed by atoms with Crippen LogP contribution >= 0.6 is 11.3 Å². The summed E-state index contributed by atoms with van der Waals surface area (Å²) in [6, 6.07) is 10.8. The standard InChI is InChI=1S/C22H21NO4S/c1-12-19(22(26)27-2)20(13-5-3-6-15(24)9-13)21-16(23-12)10-14(11-17(21)25)18-7-4-8-28-18/h3-9,14,20,23-24H,10-11H2,1-2H3/t14-,20-/m0/s1. The van der Waals surface area contributed by atoms with Gasteiger partial charge in [0.05, 0.1) is 12.7 Å². The quantitative estimate of drug-likeness (QED) is 0.769. The molecule has 0 spiro atoms. The van der Waals surface area contributed by atoms with Gasteiger partial charge in [0, 0.05) is 40.1 Å². The number of hydrogen-bond acceptors (Lipinski definition) is 6. The van der Waals surface area contributed by atoms with E-state index in [2.05, 4.69) is 11.4 Å². The van der Waals surface area contributed by atoms with Crippen LogP contribution in [0.15, 0.2) is 64.3 Å². The second kappa shape index (κ2) is 7.28. The van der Waals surface area contributed by atoms with Gasteiger partial charge in [-0.1, -0.05) is 18.2 Å². The Balaban J connectivity index is 1.83. The van der Waals surface area contributed by atoms with Gasteiger partial charge in [-0.3, -0.25) is 4.79 Å². The summed E-state index contributed by atoms with van der Waals surface area (Å²) in [6.45, 7) is 1.82. The fourth-order valence-corrected chi connectivity index (χ4v) is 5.01. The minimum Gasteiger partial charge on any atom is -0.508 e. The molecule has 28 heavy (non-hydrogen) atoms. The van der Waals surface area contributed by atoms with E-state index in [0.717, 1.165) is 5.70 Å². The number of nitrogens with one attached hydrogen (secondary N) is 1. The molecule has 2 atom stereocenters. The Morgan fingerprint density at radius 2 is 2.07 bits per heavy atom. The lowest BCUT2D eigenvalue weighted by Crippen LogP contribution is -2.35. The Hall–Kier alpha value is -2.86. The van der Waals surface area contributed by atoms with Crippen molar-refractivity contribution in [3.05, 3.63) is 74.8 Å². The highest BCUT2D eigenvalue weighted by molar-refractivity contribution is 7.10. The SMILES string of the molecule is COC(=O)C1=C(C)NC2=C(C(=O)C[C@@H](c3cccs3)C2)[C@H]1c1cccc(O)c1. The van der Waals surface area contributed by atoms with Gasteiger partial charge in [0.2, 0.25) is 0 Å². The lowest BCUT2D eigenvalue weighted by Gasteiger charge is -2.36. The predicted octanol–water partition coefficient (Wildman–Crippen LogP) is 3.99. The third-order valence-corrected chi connectivity index (χ3v) is 6.42. The summed E-state index contributed by atoms with van der Waals surface area (Å²) in [6.07, 6.45) is 1.12. The monoisotopic (exact) mass is 395 g/mol. The van der Waals surface area contributed by atoms with Gasteiger partial charge in [0.15, 0.2) is 5.78 Å². The van der Waals surface area contributed by atoms with Crippen molar-refractivity contribution in [3.8, 4) is 5.75 Å². The smallest absolute Gasteiger partial charge is 0.336 e. The number of phenols is 1. The molecule has 1 aliphatic carbocycles. The number of dihydropyridines is 1. The van der Waals surface area contributed by atoms with Gasteiger partial charge in [-0.25, -0.2) is 4.79 Å². The first-order valence-corrected chi connectivity index (χ1v) is 10.0. The average molecular weight is 395 g/mol. The highest BCUT2D eigenvalue weighted by Crippen LogP contribution is 2.46. The Morgan fingerprint density at radius 1 is 1.25 bits per heavy atom. The molecule has 5 nitrogen and oxygen atoms in total. The van der Waals surface area contributed by atoms with Crippen LogP contribution in [-0.2, 0) is 14.3 Å². The largest absolute Gasteiger partial charge is 0.508 e. The third-order valence-electron chi connectivity index (χ3n) is 5.38. The number of methoxy groups -OCH3 is 1. The molecule has 1 aliphatic heterocycles. The maximum absolute atomic E-state index is 13.2. The number of aromatic hydroxyl groups is 1. The molecule has 0 fully saturated rings. The Labute approximate surface area is 167 Å². The van der Waals surface area contributed by atoms with E-state index >= 15 is 0 Å². The highest BCUT2D eigenvalue weighted by atomic mass is 32.1. The van der Waals surface area contributed by atoms with Crippen molar-refractivity contribution in [2.24, 2.45) is 0 Å². The van der Waals surface area contributed by atoms with Crippen LogP contribution in [0.4, 0.5) is 0 Å². The summed E-state index contributed by atoms with van der Waals surface area (Å²) in [5.41, 5.74) is 3.25. The maximum Gasteiger partial charge on any atom is 0.336 e. The van der Waals surface area contributed by atoms with Crippen LogP contribution in [0.5, 0.6) is 5.75 Å². The van der Waals surface area contributed by atoms with Crippen LogP contribution in [0, 0.1) is 0 Å². The molecule has 0 bridgehead atoms. The molecular formula is C22H21NO4S. The van der Waals surface area contributed by atoms with Crippen LogP contribution in [0.25, 0.3) is 0 Å². The molecule has 0 radical (unpaired) electrons. The molecular weight excluding hydrogens is 374 g/mol. The van der Waals surface area contributed by atoms with Crippen molar-refractivity contribution in [1.82, 2.24) is 5.32 Å². The van der Waals surface area contributed by atoms with Crippen LogP contribution in [0.1, 0.15) is 42.0 Å². The summed E-state index contributed by atoms with van der Waals surface area (Å²) < 4.78 is 5.01. The van der Waals surface area contributed by atoms with Gasteiger partial charge in [0.25, 0.3) is 0 Å².